The van der Waals surface area contributed by atoms with Crippen molar-refractivity contribution in [1.82, 2.24) is 10.6 Å². The number of amides is 2. The van der Waals surface area contributed by atoms with Crippen LogP contribution in [0.25, 0.3) is 0 Å². The SMILES string of the molecule is CC(NC(=O)N/C=C/C1CC1)C12CC3CC(CC(C3)C1)C2. The predicted octanol–water partition coefficient (Wildman–Crippen LogP) is 3.81. The summed E-state index contributed by atoms with van der Waals surface area (Å²) in [5, 5.41) is 6.12. The van der Waals surface area contributed by atoms with Crippen LogP contribution in [0.5, 0.6) is 0 Å². The van der Waals surface area contributed by atoms with E-state index in [0.29, 0.717) is 17.4 Å². The number of allylic oxidation sites excluding steroid dienone is 1. The Labute approximate surface area is 127 Å². The normalized spacial score (nSPS) is 42.2. The van der Waals surface area contributed by atoms with Crippen LogP contribution in [0.3, 0.4) is 0 Å². The van der Waals surface area contributed by atoms with Crippen LogP contribution in [0.1, 0.15) is 58.3 Å². The number of urea groups is 1. The first kappa shape index (κ1) is 13.7. The first-order chi connectivity index (χ1) is 10.1. The number of hydrogen-bond acceptors (Lipinski definition) is 1. The molecule has 0 aromatic carbocycles. The summed E-state index contributed by atoms with van der Waals surface area (Å²) >= 11 is 0. The van der Waals surface area contributed by atoms with E-state index in [9.17, 15) is 4.79 Å². The van der Waals surface area contributed by atoms with E-state index < -0.39 is 0 Å². The van der Waals surface area contributed by atoms with Gasteiger partial charge in [0.15, 0.2) is 0 Å². The van der Waals surface area contributed by atoms with Crippen molar-refractivity contribution in [3.8, 4) is 0 Å². The highest BCUT2D eigenvalue weighted by Crippen LogP contribution is 2.61. The highest BCUT2D eigenvalue weighted by atomic mass is 16.2. The van der Waals surface area contributed by atoms with Crippen molar-refractivity contribution in [2.24, 2.45) is 29.1 Å². The maximum atomic E-state index is 12.1. The molecule has 4 bridgehead atoms. The minimum absolute atomic E-state index is 0.0184. The van der Waals surface area contributed by atoms with Crippen LogP contribution in [0, 0.1) is 29.1 Å². The van der Waals surface area contributed by atoms with Gasteiger partial charge >= 0.3 is 6.03 Å². The molecule has 0 aliphatic heterocycles. The Hall–Kier alpha value is -0.990. The lowest BCUT2D eigenvalue weighted by Gasteiger charge is -2.59. The minimum Gasteiger partial charge on any atom is -0.335 e. The van der Waals surface area contributed by atoms with Gasteiger partial charge in [-0.2, -0.15) is 0 Å². The molecule has 0 spiro atoms. The smallest absolute Gasteiger partial charge is 0.318 e. The first-order valence-electron chi connectivity index (χ1n) is 8.87. The topological polar surface area (TPSA) is 41.1 Å². The first-order valence-corrected chi connectivity index (χ1v) is 8.87. The molecular formula is C18H28N2O. The van der Waals surface area contributed by atoms with Gasteiger partial charge in [0.1, 0.15) is 0 Å². The lowest BCUT2D eigenvalue weighted by molar-refractivity contribution is -0.0681. The molecule has 5 fully saturated rings. The predicted molar refractivity (Wildman–Crippen MR) is 83.6 cm³/mol. The zero-order valence-electron chi connectivity index (χ0n) is 13.1. The number of nitrogens with one attached hydrogen (secondary N) is 2. The summed E-state index contributed by atoms with van der Waals surface area (Å²) in [4.78, 5) is 12.1. The molecule has 5 saturated carbocycles. The molecule has 5 rings (SSSR count). The van der Waals surface area contributed by atoms with Gasteiger partial charge in [-0.25, -0.2) is 4.79 Å². The third-order valence-electron chi connectivity index (χ3n) is 6.56. The van der Waals surface area contributed by atoms with Crippen LogP contribution >= 0.6 is 0 Å². The molecule has 5 aliphatic carbocycles. The molecule has 1 atom stereocenters. The third-order valence-corrected chi connectivity index (χ3v) is 6.56. The molecule has 0 saturated heterocycles. The summed E-state index contributed by atoms with van der Waals surface area (Å²) in [6.45, 7) is 2.23. The van der Waals surface area contributed by atoms with E-state index in [1.165, 1.54) is 51.4 Å². The van der Waals surface area contributed by atoms with Crippen molar-refractivity contribution in [3.63, 3.8) is 0 Å². The average molecular weight is 288 g/mol. The third kappa shape index (κ3) is 2.72. The second-order valence-corrected chi connectivity index (χ2v) is 8.32. The summed E-state index contributed by atoms with van der Waals surface area (Å²) in [6.07, 6.45) is 14.9. The Balaban J connectivity index is 1.35. The Morgan fingerprint density at radius 3 is 2.19 bits per heavy atom. The fourth-order valence-corrected chi connectivity index (χ4v) is 5.65. The second-order valence-electron chi connectivity index (χ2n) is 8.32. The highest BCUT2D eigenvalue weighted by molar-refractivity contribution is 5.75. The fourth-order valence-electron chi connectivity index (χ4n) is 5.65. The second kappa shape index (κ2) is 5.03. The van der Waals surface area contributed by atoms with Crippen LogP contribution in [0.2, 0.25) is 0 Å². The Bertz CT molecular complexity index is 417. The van der Waals surface area contributed by atoms with Gasteiger partial charge in [-0.15, -0.1) is 0 Å². The van der Waals surface area contributed by atoms with E-state index in [-0.39, 0.29) is 6.03 Å². The van der Waals surface area contributed by atoms with Gasteiger partial charge in [0, 0.05) is 12.2 Å². The lowest BCUT2D eigenvalue weighted by Crippen LogP contribution is -2.56. The summed E-state index contributed by atoms with van der Waals surface area (Å²) in [5.41, 5.74) is 0.395. The molecule has 5 aliphatic rings. The standard InChI is InChI=1S/C18H28N2O/c1-12(20-17(21)19-5-4-13-2-3-13)18-9-14-6-15(10-18)8-16(7-14)11-18/h4-5,12-16H,2-3,6-11H2,1H3,(H2,19,20,21)/b5-4+. The lowest BCUT2D eigenvalue weighted by atomic mass is 9.48. The number of carbonyl (C=O) groups excluding carboxylic acids is 1. The summed E-state index contributed by atoms with van der Waals surface area (Å²) in [6, 6.07) is 0.287. The molecule has 2 amide bonds. The maximum Gasteiger partial charge on any atom is 0.318 e. The minimum atomic E-state index is -0.0184. The Morgan fingerprint density at radius 1 is 1.10 bits per heavy atom. The van der Waals surface area contributed by atoms with Crippen LogP contribution in [0.4, 0.5) is 4.79 Å². The van der Waals surface area contributed by atoms with Gasteiger partial charge in [-0.1, -0.05) is 6.08 Å². The molecule has 0 aromatic heterocycles. The molecule has 0 aromatic rings. The molecular weight excluding hydrogens is 260 g/mol. The largest absolute Gasteiger partial charge is 0.335 e. The van der Waals surface area contributed by atoms with Crippen LogP contribution in [0.15, 0.2) is 12.3 Å². The molecule has 116 valence electrons. The molecule has 3 heteroatoms. The van der Waals surface area contributed by atoms with Crippen LogP contribution < -0.4 is 10.6 Å². The molecule has 0 heterocycles. The van der Waals surface area contributed by atoms with Crippen molar-refractivity contribution in [3.05, 3.63) is 12.3 Å². The van der Waals surface area contributed by atoms with E-state index in [2.05, 4.69) is 23.6 Å². The van der Waals surface area contributed by atoms with Crippen molar-refractivity contribution in [1.29, 1.82) is 0 Å². The number of carbonyl (C=O) groups is 1. The van der Waals surface area contributed by atoms with Crippen molar-refractivity contribution >= 4 is 6.03 Å². The molecule has 2 N–H and O–H groups in total. The summed E-state index contributed by atoms with van der Waals surface area (Å²) in [5.74, 6) is 3.54. The van der Waals surface area contributed by atoms with Gasteiger partial charge in [0.25, 0.3) is 0 Å². The quantitative estimate of drug-likeness (QED) is 0.811. The van der Waals surface area contributed by atoms with E-state index in [1.807, 2.05) is 6.20 Å². The van der Waals surface area contributed by atoms with E-state index in [4.69, 9.17) is 0 Å². The fraction of sp³-hybridized carbons (Fsp3) is 0.833. The van der Waals surface area contributed by atoms with E-state index in [0.717, 1.165) is 17.8 Å². The van der Waals surface area contributed by atoms with Gasteiger partial charge in [-0.3, -0.25) is 0 Å². The van der Waals surface area contributed by atoms with E-state index >= 15 is 0 Å². The zero-order valence-corrected chi connectivity index (χ0v) is 13.1. The molecule has 0 radical (unpaired) electrons. The average Bonchev–Trinajstić information content (AvgIpc) is 3.21. The Morgan fingerprint density at radius 2 is 1.67 bits per heavy atom. The highest BCUT2D eigenvalue weighted by Gasteiger charge is 2.53. The van der Waals surface area contributed by atoms with Crippen LogP contribution in [-0.4, -0.2) is 12.1 Å². The van der Waals surface area contributed by atoms with Gasteiger partial charge in [0.05, 0.1) is 0 Å². The van der Waals surface area contributed by atoms with Crippen molar-refractivity contribution in [2.45, 2.75) is 64.3 Å². The maximum absolute atomic E-state index is 12.1. The molecule has 3 nitrogen and oxygen atoms in total. The monoisotopic (exact) mass is 288 g/mol. The number of rotatable bonds is 4. The summed E-state index contributed by atoms with van der Waals surface area (Å²) in [7, 11) is 0. The van der Waals surface area contributed by atoms with Gasteiger partial charge < -0.3 is 10.6 Å². The van der Waals surface area contributed by atoms with Crippen LogP contribution in [-0.2, 0) is 0 Å². The summed E-state index contributed by atoms with van der Waals surface area (Å²) < 4.78 is 0. The van der Waals surface area contributed by atoms with E-state index in [1.54, 1.807) is 0 Å². The Kier molecular flexibility index (Phi) is 3.27. The van der Waals surface area contributed by atoms with Gasteiger partial charge in [-0.05, 0) is 87.4 Å². The van der Waals surface area contributed by atoms with Crippen molar-refractivity contribution < 1.29 is 4.79 Å². The molecule has 1 unspecified atom stereocenters. The molecule has 21 heavy (non-hydrogen) atoms. The van der Waals surface area contributed by atoms with Gasteiger partial charge in [0.2, 0.25) is 0 Å². The zero-order chi connectivity index (χ0) is 14.4. The number of hydrogen-bond donors (Lipinski definition) is 2. The van der Waals surface area contributed by atoms with Crippen molar-refractivity contribution in [2.75, 3.05) is 0 Å².